The molecule has 3 nitrogen and oxygen atoms in total. The minimum Gasteiger partial charge on any atom is -0.274 e. The molecule has 2 bridgehead atoms. The van der Waals surface area contributed by atoms with Crippen molar-refractivity contribution in [2.45, 2.75) is 23.0 Å². The smallest absolute Gasteiger partial charge is 0.238 e. The van der Waals surface area contributed by atoms with Gasteiger partial charge >= 0.3 is 0 Å². The van der Waals surface area contributed by atoms with Crippen LogP contribution in [-0.2, 0) is 9.59 Å². The van der Waals surface area contributed by atoms with Crippen molar-refractivity contribution >= 4 is 49.4 Å². The van der Waals surface area contributed by atoms with Crippen LogP contribution in [0.4, 0.5) is 5.69 Å². The molecule has 1 aliphatic heterocycles. The lowest BCUT2D eigenvalue weighted by atomic mass is 9.81. The maximum Gasteiger partial charge on any atom is 0.238 e. The lowest BCUT2D eigenvalue weighted by Crippen LogP contribution is -2.37. The van der Waals surface area contributed by atoms with Crippen LogP contribution in [0.1, 0.15) is 12.0 Å². The van der Waals surface area contributed by atoms with Gasteiger partial charge in [0.15, 0.2) is 0 Å². The van der Waals surface area contributed by atoms with E-state index in [9.17, 15) is 9.59 Å². The summed E-state index contributed by atoms with van der Waals surface area (Å²) in [5.41, 5.74) is 1.72. The first-order valence-electron chi connectivity index (χ1n) is 7.24. The lowest BCUT2D eigenvalue weighted by Gasteiger charge is -2.28. The first-order valence-corrected chi connectivity index (χ1v) is 9.07. The third-order valence-corrected chi connectivity index (χ3v) is 8.55. The molecule has 110 valence electrons. The van der Waals surface area contributed by atoms with Crippen LogP contribution < -0.4 is 4.90 Å². The van der Waals surface area contributed by atoms with Gasteiger partial charge in [-0.3, -0.25) is 9.59 Å². The van der Waals surface area contributed by atoms with Gasteiger partial charge in [0, 0.05) is 9.65 Å². The number of imide groups is 1. The number of carbonyl (C=O) groups excluding carboxylic acids is 2. The fourth-order valence-corrected chi connectivity index (χ4v) is 6.27. The van der Waals surface area contributed by atoms with Gasteiger partial charge in [0.25, 0.3) is 0 Å². The van der Waals surface area contributed by atoms with E-state index in [2.05, 4.69) is 31.9 Å². The summed E-state index contributed by atoms with van der Waals surface area (Å²) in [7, 11) is 0. The Morgan fingerprint density at radius 3 is 2.05 bits per heavy atom. The molecule has 1 saturated heterocycles. The number of alkyl halides is 2. The molecule has 2 aliphatic carbocycles. The highest BCUT2D eigenvalue weighted by Gasteiger charge is 2.66. The number of para-hydroxylation sites is 1. The maximum atomic E-state index is 12.9. The fraction of sp³-hybridized carbons (Fsp3) is 0.500. The molecule has 5 heteroatoms. The molecule has 0 spiro atoms. The quantitative estimate of drug-likeness (QED) is 0.524. The molecule has 0 N–H and O–H groups in total. The normalized spacial score (nSPS) is 41.0. The summed E-state index contributed by atoms with van der Waals surface area (Å²) >= 11 is 7.41. The van der Waals surface area contributed by atoms with Gasteiger partial charge in [0.1, 0.15) is 0 Å². The molecule has 6 atom stereocenters. The van der Waals surface area contributed by atoms with Crippen LogP contribution in [0.15, 0.2) is 24.3 Å². The number of fused-ring (bicyclic) bond motifs is 5. The summed E-state index contributed by atoms with van der Waals surface area (Å²) in [5, 5.41) is 0. The van der Waals surface area contributed by atoms with Gasteiger partial charge in [-0.2, -0.15) is 0 Å². The Hall–Kier alpha value is -0.680. The Morgan fingerprint density at radius 2 is 1.52 bits per heavy atom. The zero-order chi connectivity index (χ0) is 14.9. The second kappa shape index (κ2) is 4.66. The fourth-order valence-electron chi connectivity index (χ4n) is 4.40. The van der Waals surface area contributed by atoms with Crippen molar-refractivity contribution in [3.05, 3.63) is 29.8 Å². The van der Waals surface area contributed by atoms with Crippen LogP contribution in [0.2, 0.25) is 0 Å². The summed E-state index contributed by atoms with van der Waals surface area (Å²) in [5.74, 6) is 0.261. The van der Waals surface area contributed by atoms with Crippen LogP contribution in [0.25, 0.3) is 0 Å². The number of rotatable bonds is 1. The number of hydrogen-bond acceptors (Lipinski definition) is 2. The van der Waals surface area contributed by atoms with Crippen molar-refractivity contribution in [2.75, 3.05) is 4.90 Å². The van der Waals surface area contributed by atoms with Crippen LogP contribution in [-0.4, -0.2) is 21.5 Å². The van der Waals surface area contributed by atoms with E-state index in [1.807, 2.05) is 31.2 Å². The van der Waals surface area contributed by atoms with Gasteiger partial charge in [0.05, 0.1) is 17.5 Å². The van der Waals surface area contributed by atoms with E-state index in [1.165, 1.54) is 4.90 Å². The Balaban J connectivity index is 1.77. The van der Waals surface area contributed by atoms with E-state index < -0.39 is 0 Å². The number of amides is 2. The number of benzene rings is 1. The number of carbonyl (C=O) groups is 2. The molecule has 2 amide bonds. The predicted octanol–water partition coefficient (Wildman–Crippen LogP) is 3.28. The third-order valence-electron chi connectivity index (χ3n) is 5.34. The van der Waals surface area contributed by atoms with Crippen LogP contribution >= 0.6 is 31.9 Å². The van der Waals surface area contributed by atoms with Gasteiger partial charge < -0.3 is 0 Å². The standard InChI is InChI=1S/C16H15Br2NO2/c1-7-4-2-3-5-10(7)19-15(20)11-8-6-9(12(11)16(19)21)14(18)13(8)17/h2-5,8-9,11-14H,6H2,1H3/t8-,9-,11-,12-,13-,14+/m1/s1. The maximum absolute atomic E-state index is 12.9. The van der Waals surface area contributed by atoms with Crippen LogP contribution in [0.5, 0.6) is 0 Å². The van der Waals surface area contributed by atoms with Gasteiger partial charge in [0.2, 0.25) is 11.8 Å². The van der Waals surface area contributed by atoms with E-state index in [1.54, 1.807) is 0 Å². The van der Waals surface area contributed by atoms with Crippen LogP contribution in [0.3, 0.4) is 0 Å². The summed E-state index contributed by atoms with van der Waals surface area (Å²) in [6.07, 6.45) is 0.972. The number of nitrogens with zero attached hydrogens (tertiary/aromatic N) is 1. The molecular formula is C16H15Br2NO2. The van der Waals surface area contributed by atoms with E-state index in [0.29, 0.717) is 0 Å². The van der Waals surface area contributed by atoms with Crippen molar-refractivity contribution in [1.29, 1.82) is 0 Å². The largest absolute Gasteiger partial charge is 0.274 e. The Kier molecular flexibility index (Phi) is 3.09. The minimum absolute atomic E-state index is 0.00403. The lowest BCUT2D eigenvalue weighted by molar-refractivity contribution is -0.123. The first-order chi connectivity index (χ1) is 10.0. The molecule has 0 aromatic heterocycles. The van der Waals surface area contributed by atoms with E-state index in [0.717, 1.165) is 17.7 Å². The zero-order valence-electron chi connectivity index (χ0n) is 11.5. The van der Waals surface area contributed by atoms with E-state index >= 15 is 0 Å². The highest BCUT2D eigenvalue weighted by molar-refractivity contribution is 9.12. The zero-order valence-corrected chi connectivity index (χ0v) is 14.7. The minimum atomic E-state index is -0.139. The molecule has 1 aromatic carbocycles. The van der Waals surface area contributed by atoms with Gasteiger partial charge in [-0.1, -0.05) is 50.1 Å². The highest BCUT2D eigenvalue weighted by atomic mass is 79.9. The molecule has 2 saturated carbocycles. The summed E-state index contributed by atoms with van der Waals surface area (Å²) in [4.78, 5) is 27.7. The SMILES string of the molecule is Cc1ccccc1N1C(=O)[C@@H]2[C@H]3C[C@@H]([C@@H](Br)[C@H]3Br)[C@H]2C1=O. The Labute approximate surface area is 140 Å². The molecule has 0 radical (unpaired) electrons. The molecule has 1 heterocycles. The second-order valence-electron chi connectivity index (χ2n) is 6.30. The van der Waals surface area contributed by atoms with Gasteiger partial charge in [-0.25, -0.2) is 4.90 Å². The number of aryl methyl sites for hydroxylation is 1. The second-order valence-corrected chi connectivity index (χ2v) is 8.42. The summed E-state index contributed by atoms with van der Waals surface area (Å²) in [6, 6.07) is 7.62. The van der Waals surface area contributed by atoms with Crippen molar-refractivity contribution < 1.29 is 9.59 Å². The van der Waals surface area contributed by atoms with Gasteiger partial charge in [-0.05, 0) is 36.8 Å². The topological polar surface area (TPSA) is 37.4 Å². The molecule has 4 rings (SSSR count). The molecule has 3 aliphatic rings. The Morgan fingerprint density at radius 1 is 1.00 bits per heavy atom. The molecule has 3 fully saturated rings. The van der Waals surface area contributed by atoms with Gasteiger partial charge in [-0.15, -0.1) is 0 Å². The molecule has 0 unspecified atom stereocenters. The van der Waals surface area contributed by atoms with Crippen molar-refractivity contribution in [3.63, 3.8) is 0 Å². The van der Waals surface area contributed by atoms with Crippen molar-refractivity contribution in [1.82, 2.24) is 0 Å². The Bertz CT molecular complexity index is 615. The molecule has 1 aromatic rings. The molecule has 21 heavy (non-hydrogen) atoms. The third kappa shape index (κ3) is 1.70. The summed E-state index contributed by atoms with van der Waals surface area (Å²) in [6.45, 7) is 1.94. The number of anilines is 1. The van der Waals surface area contributed by atoms with Crippen molar-refractivity contribution in [3.8, 4) is 0 Å². The number of hydrogen-bond donors (Lipinski definition) is 0. The average Bonchev–Trinajstić information content (AvgIpc) is 3.06. The first kappa shape index (κ1) is 13.9. The monoisotopic (exact) mass is 411 g/mol. The van der Waals surface area contributed by atoms with E-state index in [-0.39, 0.29) is 45.1 Å². The van der Waals surface area contributed by atoms with Crippen LogP contribution in [0, 0.1) is 30.6 Å². The highest BCUT2D eigenvalue weighted by Crippen LogP contribution is 2.60. The van der Waals surface area contributed by atoms with E-state index in [4.69, 9.17) is 0 Å². The average molecular weight is 413 g/mol. The summed E-state index contributed by atoms with van der Waals surface area (Å²) < 4.78 is 0. The number of halogens is 2. The molecular weight excluding hydrogens is 398 g/mol. The van der Waals surface area contributed by atoms with Crippen molar-refractivity contribution in [2.24, 2.45) is 23.7 Å². The predicted molar refractivity (Wildman–Crippen MR) is 87.7 cm³/mol.